The Bertz CT molecular complexity index is 1890. The first-order valence-electron chi connectivity index (χ1n) is 24.5. The average molecular weight is 978 g/mol. The summed E-state index contributed by atoms with van der Waals surface area (Å²) in [5.74, 6) is -2.69. The summed E-state index contributed by atoms with van der Waals surface area (Å²) in [6.07, 6.45) is -7.68. The second kappa shape index (κ2) is 23.3. The van der Waals surface area contributed by atoms with Crippen molar-refractivity contribution in [2.75, 3.05) is 53.8 Å². The quantitative estimate of drug-likeness (QED) is 0.108. The van der Waals surface area contributed by atoms with Gasteiger partial charge in [-0.2, -0.15) is 5.10 Å². The van der Waals surface area contributed by atoms with Gasteiger partial charge in [0.2, 0.25) is 0 Å². The van der Waals surface area contributed by atoms with Crippen molar-refractivity contribution in [1.82, 2.24) is 15.2 Å². The summed E-state index contributed by atoms with van der Waals surface area (Å²) in [5.41, 5.74) is 0.410. The molecule has 4 aliphatic rings. The summed E-state index contributed by atoms with van der Waals surface area (Å²) in [4.78, 5) is 46.8. The van der Waals surface area contributed by atoms with Crippen LogP contribution in [0.3, 0.4) is 0 Å². The van der Waals surface area contributed by atoms with Gasteiger partial charge in [-0.1, -0.05) is 32.9 Å². The number of anilines is 1. The van der Waals surface area contributed by atoms with Gasteiger partial charge in [0, 0.05) is 70.5 Å². The van der Waals surface area contributed by atoms with Gasteiger partial charge in [0.05, 0.1) is 35.9 Å². The number of rotatable bonds is 12. The van der Waals surface area contributed by atoms with Crippen LogP contribution in [0.15, 0.2) is 29.4 Å². The van der Waals surface area contributed by atoms with Crippen molar-refractivity contribution in [1.29, 1.82) is 0 Å². The molecule has 0 radical (unpaired) electrons. The van der Waals surface area contributed by atoms with Crippen LogP contribution in [0.5, 0.6) is 0 Å². The fourth-order valence-corrected chi connectivity index (χ4v) is 10.9. The minimum atomic E-state index is -1.61. The molecule has 1 unspecified atom stereocenters. The summed E-state index contributed by atoms with van der Waals surface area (Å²) in [7, 11) is 11.1. The number of likely N-dealkylation sites (N-methyl/N-ethyl adjacent to an activating group) is 2. The summed E-state index contributed by atoms with van der Waals surface area (Å²) < 4.78 is 56.6. The molecular formula is C50H83N5O14. The first kappa shape index (κ1) is 56.3. The molecule has 0 aliphatic carbocycles. The maximum Gasteiger partial charge on any atom is 0.509 e. The number of hydrogen-bond donors (Lipinski definition) is 3. The lowest BCUT2D eigenvalue weighted by atomic mass is 9.77. The van der Waals surface area contributed by atoms with Crippen molar-refractivity contribution in [3.05, 3.63) is 29.8 Å². The van der Waals surface area contributed by atoms with Gasteiger partial charge in [-0.3, -0.25) is 9.69 Å². The molecule has 19 heteroatoms. The summed E-state index contributed by atoms with van der Waals surface area (Å²) in [6, 6.07) is 7.30. The highest BCUT2D eigenvalue weighted by Gasteiger charge is 2.58. The molecule has 0 saturated carbocycles. The van der Waals surface area contributed by atoms with Crippen LogP contribution in [0.1, 0.15) is 100 Å². The van der Waals surface area contributed by atoms with Crippen LogP contribution in [0.25, 0.3) is 0 Å². The van der Waals surface area contributed by atoms with E-state index in [0.29, 0.717) is 25.8 Å². The van der Waals surface area contributed by atoms with Crippen molar-refractivity contribution in [2.45, 2.75) is 192 Å². The fourth-order valence-electron chi connectivity index (χ4n) is 10.9. The molecule has 1 aromatic rings. The average Bonchev–Trinajstić information content (AvgIpc) is 3.59. The molecular weight excluding hydrogens is 895 g/mol. The SMILES string of the molecule is CC[C@H]1OC(=O)[C@H](C)[C@@H](O[C@H]2C[C@@](C)(OC)C(OC(=O)N/N=C\Cc3ccc(N(C)C)cc3)[C@H](C)O2)[C@H](C)[C@@H](O[C@@H]2O[C@H](C)C[C@H](N(C)C)[C@H]2O)[C@](C)(O)C[C@@H](C)CN(C)[C@H](C)[C@H]2OC(=O)O[C@@]21C. The molecule has 0 bridgehead atoms. The van der Waals surface area contributed by atoms with E-state index in [1.165, 1.54) is 7.11 Å². The van der Waals surface area contributed by atoms with Gasteiger partial charge in [-0.05, 0) is 112 Å². The number of nitrogens with zero attached hydrogens (tertiary/aromatic N) is 4. The zero-order valence-electron chi connectivity index (χ0n) is 43.9. The van der Waals surface area contributed by atoms with Crippen LogP contribution in [0.4, 0.5) is 15.3 Å². The van der Waals surface area contributed by atoms with Gasteiger partial charge >= 0.3 is 18.2 Å². The highest BCUT2D eigenvalue weighted by atomic mass is 16.8. The number of benzene rings is 1. The molecule has 392 valence electrons. The maximum atomic E-state index is 14.7. The molecule has 19 nitrogen and oxygen atoms in total. The van der Waals surface area contributed by atoms with E-state index in [1.807, 2.05) is 109 Å². The van der Waals surface area contributed by atoms with Crippen LogP contribution in [0.2, 0.25) is 0 Å². The highest BCUT2D eigenvalue weighted by Crippen LogP contribution is 2.42. The van der Waals surface area contributed by atoms with Crippen molar-refractivity contribution in [3.63, 3.8) is 0 Å². The minimum absolute atomic E-state index is 0.0449. The van der Waals surface area contributed by atoms with Gasteiger partial charge in [0.1, 0.15) is 17.8 Å². The molecule has 18 atom stereocenters. The van der Waals surface area contributed by atoms with Gasteiger partial charge in [0.15, 0.2) is 30.4 Å². The smallest absolute Gasteiger partial charge is 0.458 e. The second-order valence-electron chi connectivity index (χ2n) is 21.1. The van der Waals surface area contributed by atoms with E-state index in [4.69, 9.17) is 42.6 Å². The van der Waals surface area contributed by atoms with Gasteiger partial charge in [-0.25, -0.2) is 15.0 Å². The number of carbonyl (C=O) groups is 3. The first-order chi connectivity index (χ1) is 32.2. The highest BCUT2D eigenvalue weighted by molar-refractivity contribution is 5.73. The molecule has 0 aromatic heterocycles. The van der Waals surface area contributed by atoms with E-state index < -0.39 is 102 Å². The Kier molecular flexibility index (Phi) is 19.0. The lowest BCUT2D eigenvalue weighted by Gasteiger charge is -2.49. The predicted molar refractivity (Wildman–Crippen MR) is 258 cm³/mol. The molecule has 1 aromatic carbocycles. The third kappa shape index (κ3) is 13.3. The number of nitrogens with one attached hydrogen (secondary N) is 1. The van der Waals surface area contributed by atoms with Crippen LogP contribution in [-0.2, 0) is 53.8 Å². The molecule has 5 rings (SSSR count). The van der Waals surface area contributed by atoms with E-state index in [-0.39, 0.29) is 36.9 Å². The van der Waals surface area contributed by atoms with Crippen LogP contribution >= 0.6 is 0 Å². The van der Waals surface area contributed by atoms with Crippen molar-refractivity contribution >= 4 is 30.1 Å². The van der Waals surface area contributed by atoms with Crippen LogP contribution in [-0.4, -0.2) is 184 Å². The molecule has 4 aliphatic heterocycles. The minimum Gasteiger partial charge on any atom is -0.458 e. The lowest BCUT2D eigenvalue weighted by Crippen LogP contribution is -2.61. The van der Waals surface area contributed by atoms with E-state index >= 15 is 0 Å². The Balaban J connectivity index is 1.46. The van der Waals surface area contributed by atoms with Gasteiger partial charge in [0.25, 0.3) is 0 Å². The predicted octanol–water partition coefficient (Wildman–Crippen LogP) is 5.11. The van der Waals surface area contributed by atoms with Gasteiger partial charge in [-0.15, -0.1) is 0 Å². The number of hydrogen-bond acceptors (Lipinski definition) is 18. The summed E-state index contributed by atoms with van der Waals surface area (Å²) >= 11 is 0. The number of amides is 1. The van der Waals surface area contributed by atoms with Crippen molar-refractivity contribution in [2.24, 2.45) is 22.9 Å². The number of aliphatic hydroxyl groups is 2. The molecule has 4 fully saturated rings. The topological polar surface area (TPSA) is 209 Å². The molecule has 1 amide bonds. The Labute approximate surface area is 409 Å². The standard InChI is InChI=1S/C50H83N5O14/c1-17-37-50(10)42(68-47(59)69-50)32(6)55(15)27-28(2)25-48(8,60)41(66-45-39(56)36(54(13)14)24-29(3)62-45)30(4)40(31(5)44(57)64-37)65-38-26-49(9,61-16)43(33(7)63-38)67-46(58)52-51-23-22-34-18-20-35(21-19-34)53(11)12/h18-21,23,28-33,36-43,45,56,60H,17,22,24-27H2,1-16H3,(H,52,58)/b51-23-/t28-,29-,30+,31-,32-,33+,36+,37-,38+,39-,40+,41-,42-,43?,45+,48-,49-,50-/m1/s1. The largest absolute Gasteiger partial charge is 0.509 e. The van der Waals surface area contributed by atoms with E-state index in [9.17, 15) is 24.6 Å². The first-order valence-corrected chi connectivity index (χ1v) is 24.5. The Hall–Kier alpha value is -3.66. The Morgan fingerprint density at radius 2 is 1.64 bits per heavy atom. The zero-order chi connectivity index (χ0) is 51.3. The third-order valence-corrected chi connectivity index (χ3v) is 14.9. The normalized spacial score (nSPS) is 40.8. The molecule has 4 heterocycles. The number of fused-ring (bicyclic) bond motifs is 1. The van der Waals surface area contributed by atoms with Crippen LogP contribution < -0.4 is 10.3 Å². The second-order valence-corrected chi connectivity index (χ2v) is 21.1. The number of carbonyl (C=O) groups excluding carboxylic acids is 3. The van der Waals surface area contributed by atoms with Crippen molar-refractivity contribution in [3.8, 4) is 0 Å². The summed E-state index contributed by atoms with van der Waals surface area (Å²) in [6.45, 7) is 18.6. The number of aliphatic hydroxyl groups excluding tert-OH is 1. The monoisotopic (exact) mass is 978 g/mol. The van der Waals surface area contributed by atoms with E-state index in [1.54, 1.807) is 40.8 Å². The molecule has 0 spiro atoms. The number of methoxy groups -OCH3 is 1. The Morgan fingerprint density at radius 1 is 0.971 bits per heavy atom. The van der Waals surface area contributed by atoms with Crippen LogP contribution in [0, 0.1) is 17.8 Å². The maximum absolute atomic E-state index is 14.7. The van der Waals surface area contributed by atoms with E-state index in [0.717, 1.165) is 11.3 Å². The third-order valence-electron chi connectivity index (χ3n) is 14.9. The number of cyclic esters (lactones) is 1. The molecule has 69 heavy (non-hydrogen) atoms. The number of esters is 1. The zero-order valence-corrected chi connectivity index (χ0v) is 43.9. The van der Waals surface area contributed by atoms with Crippen molar-refractivity contribution < 1.29 is 67.2 Å². The molecule has 3 N–H and O–H groups in total. The van der Waals surface area contributed by atoms with Gasteiger partial charge < -0.3 is 62.6 Å². The molecule has 4 saturated heterocycles. The number of hydrazone groups is 1. The Morgan fingerprint density at radius 3 is 2.25 bits per heavy atom. The summed E-state index contributed by atoms with van der Waals surface area (Å²) in [5, 5.41) is 28.6. The lowest BCUT2D eigenvalue weighted by molar-refractivity contribution is -0.317. The fraction of sp³-hybridized carbons (Fsp3) is 0.800. The van der Waals surface area contributed by atoms with E-state index in [2.05, 4.69) is 10.5 Å². The number of ether oxygens (including phenoxy) is 9.